The zero-order valence-corrected chi connectivity index (χ0v) is 14.0. The molecule has 0 bridgehead atoms. The molecule has 4 rings (SSSR count). The van der Waals surface area contributed by atoms with Crippen LogP contribution in [-0.4, -0.2) is 37.1 Å². The fourth-order valence-electron chi connectivity index (χ4n) is 2.68. The Bertz CT molecular complexity index is 1060. The first-order valence-electron chi connectivity index (χ1n) is 8.16. The van der Waals surface area contributed by atoms with Gasteiger partial charge in [-0.3, -0.25) is 4.98 Å². The van der Waals surface area contributed by atoms with Crippen molar-refractivity contribution in [1.29, 1.82) is 0 Å². The minimum atomic E-state index is -0.445. The van der Waals surface area contributed by atoms with Crippen molar-refractivity contribution in [2.24, 2.45) is 0 Å². The number of carbonyl (C=O) groups is 1. The highest BCUT2D eigenvalue weighted by atomic mass is 16.5. The summed E-state index contributed by atoms with van der Waals surface area (Å²) in [4.78, 5) is 25.3. The SMILES string of the molecule is CCOC(=O)c1cnc2nc(-c3cccnc3)nn2c1-c1ccccc1. The van der Waals surface area contributed by atoms with E-state index in [0.29, 0.717) is 22.9 Å². The molecular formula is C19H15N5O2. The highest BCUT2D eigenvalue weighted by Gasteiger charge is 2.21. The van der Waals surface area contributed by atoms with Gasteiger partial charge in [0.2, 0.25) is 0 Å². The molecule has 0 amide bonds. The minimum absolute atomic E-state index is 0.281. The summed E-state index contributed by atoms with van der Waals surface area (Å²) >= 11 is 0. The fourth-order valence-corrected chi connectivity index (χ4v) is 2.68. The second kappa shape index (κ2) is 6.72. The van der Waals surface area contributed by atoms with E-state index < -0.39 is 5.97 Å². The number of fused-ring (bicyclic) bond motifs is 1. The molecule has 26 heavy (non-hydrogen) atoms. The molecule has 1 aromatic carbocycles. The van der Waals surface area contributed by atoms with E-state index in [2.05, 4.69) is 20.1 Å². The van der Waals surface area contributed by atoms with Gasteiger partial charge in [-0.25, -0.2) is 9.78 Å². The number of rotatable bonds is 4. The molecule has 7 nitrogen and oxygen atoms in total. The zero-order valence-electron chi connectivity index (χ0n) is 14.0. The molecule has 7 heteroatoms. The van der Waals surface area contributed by atoms with E-state index in [9.17, 15) is 4.79 Å². The maximum Gasteiger partial charge on any atom is 0.341 e. The predicted molar refractivity (Wildman–Crippen MR) is 95.4 cm³/mol. The zero-order chi connectivity index (χ0) is 17.9. The van der Waals surface area contributed by atoms with Crippen LogP contribution in [0.5, 0.6) is 0 Å². The van der Waals surface area contributed by atoms with E-state index in [0.717, 1.165) is 11.1 Å². The molecule has 3 aromatic heterocycles. The predicted octanol–water partition coefficient (Wildman–Crippen LogP) is 3.03. The smallest absolute Gasteiger partial charge is 0.341 e. The van der Waals surface area contributed by atoms with Gasteiger partial charge in [-0.1, -0.05) is 30.3 Å². The molecule has 0 atom stereocenters. The normalized spacial score (nSPS) is 10.8. The van der Waals surface area contributed by atoms with Gasteiger partial charge in [-0.05, 0) is 19.1 Å². The third kappa shape index (κ3) is 2.79. The van der Waals surface area contributed by atoms with Gasteiger partial charge in [0.1, 0.15) is 5.56 Å². The van der Waals surface area contributed by atoms with Crippen molar-refractivity contribution in [3.05, 3.63) is 66.6 Å². The molecule has 0 fully saturated rings. The number of pyridine rings is 1. The fraction of sp³-hybridized carbons (Fsp3) is 0.105. The van der Waals surface area contributed by atoms with Gasteiger partial charge in [0, 0.05) is 29.7 Å². The van der Waals surface area contributed by atoms with Crippen LogP contribution in [0.1, 0.15) is 17.3 Å². The van der Waals surface area contributed by atoms with Crippen molar-refractivity contribution in [3.8, 4) is 22.6 Å². The Morgan fingerprint density at radius 1 is 1.08 bits per heavy atom. The van der Waals surface area contributed by atoms with Crippen LogP contribution in [-0.2, 0) is 4.74 Å². The average molecular weight is 345 g/mol. The van der Waals surface area contributed by atoms with E-state index in [-0.39, 0.29) is 6.61 Å². The number of nitrogens with zero attached hydrogens (tertiary/aromatic N) is 5. The first-order valence-corrected chi connectivity index (χ1v) is 8.16. The van der Waals surface area contributed by atoms with E-state index in [1.807, 2.05) is 42.5 Å². The second-order valence-corrected chi connectivity index (χ2v) is 5.50. The number of aromatic nitrogens is 5. The van der Waals surface area contributed by atoms with Crippen LogP contribution in [0.15, 0.2) is 61.1 Å². The molecule has 128 valence electrons. The monoisotopic (exact) mass is 345 g/mol. The molecular weight excluding hydrogens is 330 g/mol. The number of hydrogen-bond acceptors (Lipinski definition) is 6. The molecule has 0 N–H and O–H groups in total. The maximum absolute atomic E-state index is 12.4. The van der Waals surface area contributed by atoms with Crippen molar-refractivity contribution >= 4 is 11.7 Å². The van der Waals surface area contributed by atoms with Crippen LogP contribution in [0.3, 0.4) is 0 Å². The number of ether oxygens (including phenoxy) is 1. The summed E-state index contributed by atoms with van der Waals surface area (Å²) < 4.78 is 6.75. The Morgan fingerprint density at radius 2 is 1.88 bits per heavy atom. The van der Waals surface area contributed by atoms with Gasteiger partial charge in [0.25, 0.3) is 5.78 Å². The maximum atomic E-state index is 12.4. The summed E-state index contributed by atoms with van der Waals surface area (Å²) in [5.41, 5.74) is 2.53. The molecule has 0 spiro atoms. The van der Waals surface area contributed by atoms with Gasteiger partial charge in [-0.2, -0.15) is 9.50 Å². The van der Waals surface area contributed by atoms with Crippen molar-refractivity contribution in [3.63, 3.8) is 0 Å². The first-order chi connectivity index (χ1) is 12.8. The number of benzene rings is 1. The molecule has 0 aliphatic carbocycles. The van der Waals surface area contributed by atoms with E-state index in [1.165, 1.54) is 6.20 Å². The van der Waals surface area contributed by atoms with Crippen molar-refractivity contribution < 1.29 is 9.53 Å². The van der Waals surface area contributed by atoms with Crippen LogP contribution in [0, 0.1) is 0 Å². The largest absolute Gasteiger partial charge is 0.462 e. The summed E-state index contributed by atoms with van der Waals surface area (Å²) in [7, 11) is 0. The standard InChI is InChI=1S/C19H15N5O2/c1-2-26-18(25)15-12-21-19-22-17(14-9-6-10-20-11-14)23-24(19)16(15)13-7-4-3-5-8-13/h3-12H,2H2,1H3. The van der Waals surface area contributed by atoms with Gasteiger partial charge in [-0.15, -0.1) is 5.10 Å². The molecule has 3 heterocycles. The molecule has 0 aliphatic rings. The molecule has 4 aromatic rings. The molecule has 0 radical (unpaired) electrons. The summed E-state index contributed by atoms with van der Waals surface area (Å²) in [5, 5.41) is 4.56. The lowest BCUT2D eigenvalue weighted by atomic mass is 10.1. The quantitative estimate of drug-likeness (QED) is 0.529. The summed E-state index contributed by atoms with van der Waals surface area (Å²) in [6.07, 6.45) is 4.85. The highest BCUT2D eigenvalue weighted by molar-refractivity contribution is 5.96. The average Bonchev–Trinajstić information content (AvgIpc) is 3.13. The van der Waals surface area contributed by atoms with Gasteiger partial charge in [0.15, 0.2) is 5.82 Å². The van der Waals surface area contributed by atoms with E-state index in [4.69, 9.17) is 4.74 Å². The Labute approximate surface area is 149 Å². The number of carbonyl (C=O) groups excluding carboxylic acids is 1. The summed E-state index contributed by atoms with van der Waals surface area (Å²) in [5.74, 6) is 0.443. The van der Waals surface area contributed by atoms with Gasteiger partial charge >= 0.3 is 5.97 Å². The van der Waals surface area contributed by atoms with Crippen molar-refractivity contribution in [2.75, 3.05) is 6.61 Å². The second-order valence-electron chi connectivity index (χ2n) is 5.50. The topological polar surface area (TPSA) is 82.3 Å². The number of esters is 1. The highest BCUT2D eigenvalue weighted by Crippen LogP contribution is 2.25. The summed E-state index contributed by atoms with van der Waals surface area (Å²) in [6, 6.07) is 13.2. The molecule has 0 aliphatic heterocycles. The third-order valence-corrected chi connectivity index (χ3v) is 3.83. The Balaban J connectivity index is 1.97. The van der Waals surface area contributed by atoms with E-state index in [1.54, 1.807) is 23.8 Å². The van der Waals surface area contributed by atoms with Crippen LogP contribution < -0.4 is 0 Å². The van der Waals surface area contributed by atoms with Crippen LogP contribution in [0.2, 0.25) is 0 Å². The van der Waals surface area contributed by atoms with Crippen LogP contribution >= 0.6 is 0 Å². The molecule has 0 unspecified atom stereocenters. The molecule has 0 saturated heterocycles. The minimum Gasteiger partial charge on any atom is -0.462 e. The first kappa shape index (κ1) is 15.9. The Kier molecular flexibility index (Phi) is 4.10. The lowest BCUT2D eigenvalue weighted by Gasteiger charge is -2.09. The van der Waals surface area contributed by atoms with Crippen LogP contribution in [0.25, 0.3) is 28.4 Å². The third-order valence-electron chi connectivity index (χ3n) is 3.83. The van der Waals surface area contributed by atoms with Gasteiger partial charge in [0.05, 0.1) is 12.3 Å². The van der Waals surface area contributed by atoms with Crippen LogP contribution in [0.4, 0.5) is 0 Å². The van der Waals surface area contributed by atoms with Crippen molar-refractivity contribution in [1.82, 2.24) is 24.6 Å². The lowest BCUT2D eigenvalue weighted by Crippen LogP contribution is -2.11. The Morgan fingerprint density at radius 3 is 2.62 bits per heavy atom. The van der Waals surface area contributed by atoms with Crippen molar-refractivity contribution in [2.45, 2.75) is 6.92 Å². The summed E-state index contributed by atoms with van der Waals surface area (Å²) in [6.45, 7) is 2.05. The van der Waals surface area contributed by atoms with Gasteiger partial charge < -0.3 is 4.74 Å². The Hall–Kier alpha value is -3.61. The molecule has 0 saturated carbocycles. The van der Waals surface area contributed by atoms with E-state index >= 15 is 0 Å². The lowest BCUT2D eigenvalue weighted by molar-refractivity contribution is 0.0526. The number of hydrogen-bond donors (Lipinski definition) is 0.